The van der Waals surface area contributed by atoms with Crippen LogP contribution in [0.5, 0.6) is 5.75 Å². The highest BCUT2D eigenvalue weighted by molar-refractivity contribution is 5.94. The number of aromatic hydroxyl groups is 1. The van der Waals surface area contributed by atoms with Gasteiger partial charge < -0.3 is 5.11 Å². The Kier molecular flexibility index (Phi) is 3.82. The van der Waals surface area contributed by atoms with E-state index < -0.39 is 17.5 Å². The number of pyridine rings is 1. The van der Waals surface area contributed by atoms with Crippen molar-refractivity contribution >= 4 is 12.1 Å². The van der Waals surface area contributed by atoms with Gasteiger partial charge in [-0.05, 0) is 24.3 Å². The molecule has 2 N–H and O–H groups in total. The van der Waals surface area contributed by atoms with E-state index in [1.165, 1.54) is 36.7 Å². The third-order valence-corrected chi connectivity index (χ3v) is 2.33. The molecule has 0 aliphatic carbocycles. The van der Waals surface area contributed by atoms with Gasteiger partial charge in [0.1, 0.15) is 0 Å². The monoisotopic (exact) mass is 259 g/mol. The van der Waals surface area contributed by atoms with Gasteiger partial charge in [0, 0.05) is 23.5 Å². The zero-order chi connectivity index (χ0) is 13.7. The summed E-state index contributed by atoms with van der Waals surface area (Å²) >= 11 is 0. The zero-order valence-corrected chi connectivity index (χ0v) is 9.75. The molecular formula is C13H10FN3O2. The van der Waals surface area contributed by atoms with E-state index in [0.717, 1.165) is 12.3 Å². The second kappa shape index (κ2) is 5.72. The maximum atomic E-state index is 13.0. The topological polar surface area (TPSA) is 74.6 Å². The summed E-state index contributed by atoms with van der Waals surface area (Å²) in [4.78, 5) is 15.4. The van der Waals surface area contributed by atoms with Crippen molar-refractivity contribution in [2.75, 3.05) is 0 Å². The lowest BCUT2D eigenvalue weighted by molar-refractivity contribution is 0.0955. The molecule has 0 saturated heterocycles. The molecule has 96 valence electrons. The first-order chi connectivity index (χ1) is 9.18. The Hall–Kier alpha value is -2.76. The fraction of sp³-hybridized carbons (Fsp3) is 0. The van der Waals surface area contributed by atoms with E-state index >= 15 is 0 Å². The molecule has 1 aromatic carbocycles. The van der Waals surface area contributed by atoms with Crippen LogP contribution in [0.2, 0.25) is 0 Å². The number of amides is 1. The van der Waals surface area contributed by atoms with Gasteiger partial charge in [-0.25, -0.2) is 9.82 Å². The largest absolute Gasteiger partial charge is 0.504 e. The summed E-state index contributed by atoms with van der Waals surface area (Å²) < 4.78 is 13.0. The van der Waals surface area contributed by atoms with E-state index in [4.69, 9.17) is 0 Å². The Morgan fingerprint density at radius 1 is 1.32 bits per heavy atom. The van der Waals surface area contributed by atoms with Crippen LogP contribution in [0.15, 0.2) is 47.8 Å². The van der Waals surface area contributed by atoms with Gasteiger partial charge in [-0.15, -0.1) is 0 Å². The Bertz CT molecular complexity index is 615. The highest BCUT2D eigenvalue weighted by Gasteiger charge is 2.05. The van der Waals surface area contributed by atoms with Crippen LogP contribution in [0, 0.1) is 5.82 Å². The molecule has 1 amide bonds. The number of hydrogen-bond donors (Lipinski definition) is 2. The molecule has 1 heterocycles. The van der Waals surface area contributed by atoms with Crippen LogP contribution in [-0.2, 0) is 0 Å². The number of hydrazone groups is 1. The lowest BCUT2D eigenvalue weighted by Gasteiger charge is -2.00. The van der Waals surface area contributed by atoms with Crippen molar-refractivity contribution in [3.8, 4) is 5.75 Å². The molecule has 0 bridgehead atoms. The normalized spacial score (nSPS) is 10.6. The summed E-state index contributed by atoms with van der Waals surface area (Å²) in [6.45, 7) is 0. The van der Waals surface area contributed by atoms with Crippen LogP contribution in [0.4, 0.5) is 4.39 Å². The van der Waals surface area contributed by atoms with Crippen molar-refractivity contribution in [3.05, 3.63) is 59.7 Å². The van der Waals surface area contributed by atoms with Crippen LogP contribution < -0.4 is 5.43 Å². The molecule has 1 aromatic heterocycles. The number of para-hydroxylation sites is 1. The lowest BCUT2D eigenvalue weighted by atomic mass is 10.2. The van der Waals surface area contributed by atoms with Crippen molar-refractivity contribution in [2.45, 2.75) is 0 Å². The van der Waals surface area contributed by atoms with E-state index in [9.17, 15) is 14.3 Å². The molecule has 0 aliphatic heterocycles. The van der Waals surface area contributed by atoms with Gasteiger partial charge >= 0.3 is 0 Å². The minimum atomic E-state index is -0.746. The molecule has 5 nitrogen and oxygen atoms in total. The van der Waals surface area contributed by atoms with E-state index in [2.05, 4.69) is 15.5 Å². The highest BCUT2D eigenvalue weighted by Crippen LogP contribution is 2.18. The number of aromatic nitrogens is 1. The van der Waals surface area contributed by atoms with Crippen molar-refractivity contribution in [1.82, 2.24) is 10.4 Å². The molecule has 0 spiro atoms. The highest BCUT2D eigenvalue weighted by atomic mass is 19.1. The number of phenolic OH excluding ortho intramolecular Hbond substituents is 1. The quantitative estimate of drug-likeness (QED) is 0.650. The first-order valence-electron chi connectivity index (χ1n) is 5.39. The molecule has 0 fully saturated rings. The minimum Gasteiger partial charge on any atom is -0.504 e. The predicted octanol–water partition coefficient (Wildman–Crippen LogP) is 1.69. The number of phenols is 1. The fourth-order valence-corrected chi connectivity index (χ4v) is 1.36. The maximum Gasteiger partial charge on any atom is 0.271 e. The van der Waals surface area contributed by atoms with Crippen molar-refractivity contribution in [1.29, 1.82) is 0 Å². The van der Waals surface area contributed by atoms with E-state index in [0.29, 0.717) is 5.56 Å². The molecule has 0 atom stereocenters. The van der Waals surface area contributed by atoms with E-state index in [1.807, 2.05) is 0 Å². The first kappa shape index (κ1) is 12.7. The van der Waals surface area contributed by atoms with Gasteiger partial charge in [0.2, 0.25) is 0 Å². The number of nitrogens with one attached hydrogen (secondary N) is 1. The van der Waals surface area contributed by atoms with E-state index in [1.54, 1.807) is 0 Å². The average Bonchev–Trinajstić information content (AvgIpc) is 2.44. The summed E-state index contributed by atoms with van der Waals surface area (Å²) in [7, 11) is 0. The summed E-state index contributed by atoms with van der Waals surface area (Å²) in [6.07, 6.45) is 4.13. The van der Waals surface area contributed by atoms with E-state index in [-0.39, 0.29) is 5.56 Å². The number of carbonyl (C=O) groups excluding carboxylic acids is 1. The first-order valence-corrected chi connectivity index (χ1v) is 5.39. The number of carbonyl (C=O) groups is 1. The smallest absolute Gasteiger partial charge is 0.271 e. The Labute approximate surface area is 108 Å². The van der Waals surface area contributed by atoms with Gasteiger partial charge in [-0.1, -0.05) is 6.07 Å². The second-order valence-corrected chi connectivity index (χ2v) is 3.61. The summed E-state index contributed by atoms with van der Waals surface area (Å²) in [5, 5.41) is 13.0. The second-order valence-electron chi connectivity index (χ2n) is 3.61. The predicted molar refractivity (Wildman–Crippen MR) is 67.4 cm³/mol. The minimum absolute atomic E-state index is 0.176. The third kappa shape index (κ3) is 3.12. The molecule has 0 unspecified atom stereocenters. The van der Waals surface area contributed by atoms with Crippen molar-refractivity contribution < 1.29 is 14.3 Å². The van der Waals surface area contributed by atoms with Gasteiger partial charge in [0.25, 0.3) is 5.91 Å². The number of benzene rings is 1. The average molecular weight is 259 g/mol. The van der Waals surface area contributed by atoms with Crippen LogP contribution in [-0.4, -0.2) is 22.2 Å². The number of halogens is 1. The van der Waals surface area contributed by atoms with Crippen molar-refractivity contribution in [2.24, 2.45) is 5.10 Å². The zero-order valence-electron chi connectivity index (χ0n) is 9.75. The van der Waals surface area contributed by atoms with Crippen LogP contribution >= 0.6 is 0 Å². The number of nitrogens with zero attached hydrogens (tertiary/aromatic N) is 2. The molecule has 2 rings (SSSR count). The standard InChI is InChI=1S/C13H10FN3O2/c14-11-3-1-2-10(12(11)18)8-16-17-13(19)9-4-6-15-7-5-9/h1-8,18H,(H,17,19)/b16-8+. The third-order valence-electron chi connectivity index (χ3n) is 2.33. The van der Waals surface area contributed by atoms with Crippen LogP contribution in [0.1, 0.15) is 15.9 Å². The molecule has 2 aromatic rings. The molecule has 19 heavy (non-hydrogen) atoms. The van der Waals surface area contributed by atoms with Crippen LogP contribution in [0.3, 0.4) is 0 Å². The Morgan fingerprint density at radius 2 is 2.05 bits per heavy atom. The molecule has 0 saturated carbocycles. The summed E-state index contributed by atoms with van der Waals surface area (Å²) in [5.74, 6) is -1.68. The van der Waals surface area contributed by atoms with Gasteiger partial charge in [0.15, 0.2) is 11.6 Å². The number of hydrogen-bond acceptors (Lipinski definition) is 4. The van der Waals surface area contributed by atoms with Crippen molar-refractivity contribution in [3.63, 3.8) is 0 Å². The molecule has 0 aliphatic rings. The van der Waals surface area contributed by atoms with Gasteiger partial charge in [-0.3, -0.25) is 9.78 Å². The fourth-order valence-electron chi connectivity index (χ4n) is 1.36. The van der Waals surface area contributed by atoms with Gasteiger partial charge in [-0.2, -0.15) is 5.10 Å². The van der Waals surface area contributed by atoms with Crippen LogP contribution in [0.25, 0.3) is 0 Å². The summed E-state index contributed by atoms with van der Waals surface area (Å²) in [6, 6.07) is 7.10. The Balaban J connectivity index is 2.05. The maximum absolute atomic E-state index is 13.0. The Morgan fingerprint density at radius 3 is 2.79 bits per heavy atom. The summed E-state index contributed by atoms with van der Waals surface area (Å²) in [5.41, 5.74) is 2.84. The molecule has 6 heteroatoms. The number of rotatable bonds is 3. The SMILES string of the molecule is O=C(N/N=C/c1cccc(F)c1O)c1ccncc1. The lowest BCUT2D eigenvalue weighted by Crippen LogP contribution is -2.17. The van der Waals surface area contributed by atoms with Gasteiger partial charge in [0.05, 0.1) is 6.21 Å². The molecular weight excluding hydrogens is 249 g/mol. The molecule has 0 radical (unpaired) electrons.